The van der Waals surface area contributed by atoms with Gasteiger partial charge >= 0.3 is 11.9 Å². The highest BCUT2D eigenvalue weighted by Gasteiger charge is 2.35. The maximum Gasteiger partial charge on any atom is 0.327 e. The minimum Gasteiger partial charge on any atom is -0.481 e. The molecular weight excluding hydrogens is 288 g/mol. The van der Waals surface area contributed by atoms with Crippen LogP contribution in [0.5, 0.6) is 0 Å². The third kappa shape index (κ3) is 8.11. The van der Waals surface area contributed by atoms with Crippen molar-refractivity contribution in [1.29, 1.82) is 0 Å². The van der Waals surface area contributed by atoms with E-state index in [9.17, 15) is 18.0 Å². The lowest BCUT2D eigenvalue weighted by Gasteiger charge is -2.15. The molecule has 2 atom stereocenters. The van der Waals surface area contributed by atoms with Crippen LogP contribution in [0.3, 0.4) is 0 Å². The summed E-state index contributed by atoms with van der Waals surface area (Å²) in [5, 5.41) is 6.47. The number of carboxylic acid groups (broad SMARTS) is 1. The summed E-state index contributed by atoms with van der Waals surface area (Å²) in [6.45, 7) is 3.92. The van der Waals surface area contributed by atoms with Gasteiger partial charge in [0.05, 0.1) is 13.0 Å². The number of hydrogen-bond acceptors (Lipinski definition) is 5. The van der Waals surface area contributed by atoms with Gasteiger partial charge in [-0.2, -0.15) is 8.42 Å². The smallest absolute Gasteiger partial charge is 0.327 e. The van der Waals surface area contributed by atoms with Crippen LogP contribution < -0.4 is 0 Å². The van der Waals surface area contributed by atoms with E-state index in [0.717, 1.165) is 25.7 Å². The van der Waals surface area contributed by atoms with Crippen LogP contribution in [-0.2, 0) is 24.4 Å². The molecule has 0 saturated carbocycles. The van der Waals surface area contributed by atoms with Crippen LogP contribution in [0.2, 0.25) is 0 Å². The molecule has 0 spiro atoms. The van der Waals surface area contributed by atoms with Gasteiger partial charge in [-0.05, 0) is 12.3 Å². The van der Waals surface area contributed by atoms with Gasteiger partial charge in [0.15, 0.2) is 5.25 Å². The lowest BCUT2D eigenvalue weighted by atomic mass is 10.0. The zero-order chi connectivity index (χ0) is 15.8. The zero-order valence-electron chi connectivity index (χ0n) is 11.7. The maximum absolute atomic E-state index is 11.5. The molecule has 20 heavy (non-hydrogen) atoms. The highest BCUT2D eigenvalue weighted by Crippen LogP contribution is 2.12. The van der Waals surface area contributed by atoms with E-state index >= 15 is 0 Å². The average Bonchev–Trinajstić information content (AvgIpc) is 2.32. The summed E-state index contributed by atoms with van der Waals surface area (Å²) in [6.07, 6.45) is 2.92. The molecule has 0 saturated heterocycles. The highest BCUT2D eigenvalue weighted by molar-refractivity contribution is 7.87. The second-order valence-electron chi connectivity index (χ2n) is 4.83. The predicted octanol–water partition coefficient (Wildman–Crippen LogP) is 1.48. The molecule has 0 radical (unpaired) electrons. The van der Waals surface area contributed by atoms with Crippen molar-refractivity contribution in [1.82, 2.24) is 0 Å². The second-order valence-corrected chi connectivity index (χ2v) is 6.43. The van der Waals surface area contributed by atoms with Crippen LogP contribution in [0.4, 0.5) is 0 Å². The van der Waals surface area contributed by atoms with Crippen LogP contribution in [0.25, 0.3) is 0 Å². The Morgan fingerprint density at radius 2 is 1.85 bits per heavy atom. The van der Waals surface area contributed by atoms with Gasteiger partial charge in [0.25, 0.3) is 10.1 Å². The number of carboxylic acids is 1. The van der Waals surface area contributed by atoms with Crippen molar-refractivity contribution in [3.05, 3.63) is 0 Å². The zero-order valence-corrected chi connectivity index (χ0v) is 12.6. The molecule has 2 N–H and O–H groups in total. The number of carbonyl (C=O) groups is 2. The van der Waals surface area contributed by atoms with E-state index in [0.29, 0.717) is 0 Å². The monoisotopic (exact) mass is 310 g/mol. The van der Waals surface area contributed by atoms with Gasteiger partial charge in [0.2, 0.25) is 0 Å². The van der Waals surface area contributed by atoms with Crippen molar-refractivity contribution >= 4 is 22.1 Å². The molecule has 0 bridgehead atoms. The molecule has 0 rings (SSSR count). The van der Waals surface area contributed by atoms with E-state index in [2.05, 4.69) is 6.92 Å². The van der Waals surface area contributed by atoms with Crippen LogP contribution in [0, 0.1) is 5.92 Å². The van der Waals surface area contributed by atoms with Crippen LogP contribution in [0.1, 0.15) is 46.0 Å². The SMILES string of the molecule is CCCCCC(C)COC(=O)C(CC(=O)O)S(=O)(=O)O. The molecule has 7 nitrogen and oxygen atoms in total. The van der Waals surface area contributed by atoms with Crippen molar-refractivity contribution in [2.75, 3.05) is 6.61 Å². The third-order valence-electron chi connectivity index (χ3n) is 2.79. The van der Waals surface area contributed by atoms with Crippen molar-refractivity contribution in [2.24, 2.45) is 5.92 Å². The Kier molecular flexibility index (Phi) is 8.40. The van der Waals surface area contributed by atoms with Gasteiger partial charge < -0.3 is 9.84 Å². The summed E-state index contributed by atoms with van der Waals surface area (Å²) >= 11 is 0. The highest BCUT2D eigenvalue weighted by atomic mass is 32.2. The van der Waals surface area contributed by atoms with Gasteiger partial charge in [-0.25, -0.2) is 0 Å². The van der Waals surface area contributed by atoms with Gasteiger partial charge in [-0.1, -0.05) is 33.1 Å². The lowest BCUT2D eigenvalue weighted by Crippen LogP contribution is -2.34. The minimum absolute atomic E-state index is 0.00812. The Balaban J connectivity index is 4.37. The number of rotatable bonds is 10. The fourth-order valence-electron chi connectivity index (χ4n) is 1.61. The molecule has 0 amide bonds. The van der Waals surface area contributed by atoms with E-state index < -0.39 is 33.7 Å². The first kappa shape index (κ1) is 18.9. The minimum atomic E-state index is -4.78. The first-order valence-corrected chi connectivity index (χ1v) is 8.03. The Morgan fingerprint density at radius 1 is 1.25 bits per heavy atom. The van der Waals surface area contributed by atoms with Gasteiger partial charge in [0, 0.05) is 0 Å². The summed E-state index contributed by atoms with van der Waals surface area (Å²) in [4.78, 5) is 22.0. The molecule has 8 heteroatoms. The predicted molar refractivity (Wildman–Crippen MR) is 71.9 cm³/mol. The molecule has 0 aliphatic heterocycles. The van der Waals surface area contributed by atoms with Gasteiger partial charge in [-0.3, -0.25) is 14.1 Å². The Hall–Kier alpha value is -1.15. The largest absolute Gasteiger partial charge is 0.481 e. The van der Waals surface area contributed by atoms with Crippen molar-refractivity contribution < 1.29 is 32.4 Å². The quantitative estimate of drug-likeness (QED) is 0.356. The lowest BCUT2D eigenvalue weighted by molar-refractivity contribution is -0.148. The topological polar surface area (TPSA) is 118 Å². The molecule has 2 unspecified atom stereocenters. The van der Waals surface area contributed by atoms with E-state index in [4.69, 9.17) is 14.4 Å². The van der Waals surface area contributed by atoms with Crippen molar-refractivity contribution in [3.63, 3.8) is 0 Å². The summed E-state index contributed by atoms with van der Waals surface area (Å²) in [5.41, 5.74) is 0. The number of unbranched alkanes of at least 4 members (excludes halogenated alkanes) is 2. The van der Waals surface area contributed by atoms with Crippen LogP contribution in [0.15, 0.2) is 0 Å². The van der Waals surface area contributed by atoms with Crippen LogP contribution >= 0.6 is 0 Å². The summed E-state index contributed by atoms with van der Waals surface area (Å²) < 4.78 is 35.5. The normalized spacial score (nSPS) is 14.6. The third-order valence-corrected chi connectivity index (χ3v) is 3.87. The van der Waals surface area contributed by atoms with Crippen molar-refractivity contribution in [3.8, 4) is 0 Å². The maximum atomic E-state index is 11.5. The fraction of sp³-hybridized carbons (Fsp3) is 0.833. The molecule has 0 aliphatic rings. The molecular formula is C12H22O7S. The molecule has 0 aromatic rings. The standard InChI is InChI=1S/C12H22O7S/c1-3-4-5-6-9(2)8-19-12(15)10(7-11(13)14)20(16,17)18/h9-10H,3-8H2,1-2H3,(H,13,14)(H,16,17,18). The first-order chi connectivity index (χ1) is 9.18. The molecule has 0 aromatic carbocycles. The van der Waals surface area contributed by atoms with E-state index in [-0.39, 0.29) is 12.5 Å². The van der Waals surface area contributed by atoms with Crippen molar-refractivity contribution in [2.45, 2.75) is 51.2 Å². The number of carbonyl (C=O) groups excluding carboxylic acids is 1. The average molecular weight is 310 g/mol. The number of ether oxygens (including phenoxy) is 1. The van der Waals surface area contributed by atoms with E-state index in [1.165, 1.54) is 0 Å². The molecule has 0 aliphatic carbocycles. The van der Waals surface area contributed by atoms with Gasteiger partial charge in [-0.15, -0.1) is 0 Å². The number of hydrogen-bond donors (Lipinski definition) is 2. The van der Waals surface area contributed by atoms with E-state index in [1.54, 1.807) is 0 Å². The summed E-state index contributed by atoms with van der Waals surface area (Å²) in [6, 6.07) is 0. The Morgan fingerprint density at radius 3 is 2.30 bits per heavy atom. The Bertz CT molecular complexity index is 416. The molecule has 0 fully saturated rings. The van der Waals surface area contributed by atoms with Gasteiger partial charge in [0.1, 0.15) is 0 Å². The summed E-state index contributed by atoms with van der Waals surface area (Å²) in [5.74, 6) is -2.67. The number of aliphatic carboxylic acids is 1. The fourth-order valence-corrected chi connectivity index (χ4v) is 2.28. The number of esters is 1. The summed E-state index contributed by atoms with van der Waals surface area (Å²) in [7, 11) is -4.78. The first-order valence-electron chi connectivity index (χ1n) is 6.53. The molecule has 0 heterocycles. The molecule has 118 valence electrons. The second kappa shape index (κ2) is 8.91. The Labute approximate surface area is 119 Å². The molecule has 0 aromatic heterocycles. The van der Waals surface area contributed by atoms with Crippen LogP contribution in [-0.4, -0.2) is 41.9 Å². The van der Waals surface area contributed by atoms with E-state index in [1.807, 2.05) is 6.92 Å².